The van der Waals surface area contributed by atoms with Gasteiger partial charge in [0.2, 0.25) is 0 Å². The Labute approximate surface area is 145 Å². The Morgan fingerprint density at radius 3 is 2.71 bits per heavy atom. The molecule has 6 nitrogen and oxygen atoms in total. The number of hydrogen-bond acceptors (Lipinski definition) is 4. The fourth-order valence-corrected chi connectivity index (χ4v) is 2.55. The first-order chi connectivity index (χ1) is 11.5. The molecule has 0 aliphatic heterocycles. The summed E-state index contributed by atoms with van der Waals surface area (Å²) in [6.07, 6.45) is 0. The van der Waals surface area contributed by atoms with Crippen LogP contribution in [0.4, 0.5) is 10.1 Å². The number of nitrogen functional groups attached to an aromatic ring is 1. The average Bonchev–Trinajstić information content (AvgIpc) is 3.01. The highest BCUT2D eigenvalue weighted by Crippen LogP contribution is 2.21. The van der Waals surface area contributed by atoms with E-state index in [1.165, 1.54) is 12.1 Å². The van der Waals surface area contributed by atoms with Crippen LogP contribution in [0.5, 0.6) is 0 Å². The number of carbonyl (C=O) groups is 1. The molecule has 0 atom stereocenters. The summed E-state index contributed by atoms with van der Waals surface area (Å²) in [7, 11) is 0. The van der Waals surface area contributed by atoms with Crippen LogP contribution in [0.15, 0.2) is 46.9 Å². The predicted molar refractivity (Wildman–Crippen MR) is 91.5 cm³/mol. The van der Waals surface area contributed by atoms with Crippen molar-refractivity contribution in [2.24, 2.45) is 0 Å². The summed E-state index contributed by atoms with van der Waals surface area (Å²) in [5.74, 6) is 0.185. The largest absolute Gasteiger partial charge is 0.399 e. The van der Waals surface area contributed by atoms with E-state index in [-0.39, 0.29) is 18.3 Å². The maximum absolute atomic E-state index is 13.4. The second-order valence-electron chi connectivity index (χ2n) is 5.07. The van der Waals surface area contributed by atoms with Crippen LogP contribution in [-0.2, 0) is 6.54 Å². The second-order valence-corrected chi connectivity index (χ2v) is 5.98. The third-order valence-electron chi connectivity index (χ3n) is 3.24. The number of aromatic nitrogens is 3. The number of aromatic amines is 1. The zero-order chi connectivity index (χ0) is 17.1. The number of amides is 1. The van der Waals surface area contributed by atoms with Crippen LogP contribution in [0.3, 0.4) is 0 Å². The Hall–Kier alpha value is -2.74. The smallest absolute Gasteiger partial charge is 0.251 e. The summed E-state index contributed by atoms with van der Waals surface area (Å²) in [5, 5.41) is 9.49. The van der Waals surface area contributed by atoms with Crippen LogP contribution in [0, 0.1) is 5.82 Å². The molecule has 3 rings (SSSR count). The van der Waals surface area contributed by atoms with E-state index in [0.717, 1.165) is 0 Å². The van der Waals surface area contributed by atoms with Crippen molar-refractivity contribution in [3.63, 3.8) is 0 Å². The van der Waals surface area contributed by atoms with Gasteiger partial charge >= 0.3 is 0 Å². The van der Waals surface area contributed by atoms with E-state index in [9.17, 15) is 9.18 Å². The number of carbonyl (C=O) groups excluding carboxylic acids is 1. The van der Waals surface area contributed by atoms with Gasteiger partial charge in [0.1, 0.15) is 11.6 Å². The fourth-order valence-electron chi connectivity index (χ4n) is 2.09. The Balaban J connectivity index is 1.68. The Morgan fingerprint density at radius 2 is 2.00 bits per heavy atom. The maximum Gasteiger partial charge on any atom is 0.251 e. The molecule has 24 heavy (non-hydrogen) atoms. The molecule has 1 heterocycles. The first kappa shape index (κ1) is 16.1. The van der Waals surface area contributed by atoms with Gasteiger partial charge in [-0.15, -0.1) is 0 Å². The van der Waals surface area contributed by atoms with Crippen molar-refractivity contribution in [1.29, 1.82) is 0 Å². The highest BCUT2D eigenvalue weighted by Gasteiger charge is 2.10. The summed E-state index contributed by atoms with van der Waals surface area (Å²) in [6, 6.07) is 11.0. The third-order valence-corrected chi connectivity index (χ3v) is 3.70. The highest BCUT2D eigenvalue weighted by atomic mass is 79.9. The lowest BCUT2D eigenvalue weighted by atomic mass is 10.2. The molecule has 1 aromatic heterocycles. The van der Waals surface area contributed by atoms with Gasteiger partial charge in [-0.3, -0.25) is 9.89 Å². The van der Waals surface area contributed by atoms with Gasteiger partial charge in [0.05, 0.1) is 6.54 Å². The van der Waals surface area contributed by atoms with Gasteiger partial charge in [-0.05, 0) is 42.5 Å². The highest BCUT2D eigenvalue weighted by molar-refractivity contribution is 9.10. The van der Waals surface area contributed by atoms with Crippen LogP contribution in [-0.4, -0.2) is 21.1 Å². The summed E-state index contributed by atoms with van der Waals surface area (Å²) in [6.45, 7) is 0.173. The van der Waals surface area contributed by atoms with Crippen molar-refractivity contribution in [2.45, 2.75) is 6.54 Å². The number of benzene rings is 2. The lowest BCUT2D eigenvalue weighted by molar-refractivity contribution is 0.0950. The van der Waals surface area contributed by atoms with E-state index in [1.54, 1.807) is 30.3 Å². The molecule has 122 valence electrons. The number of nitrogens with zero attached hydrogens (tertiary/aromatic N) is 2. The Bertz CT molecular complexity index is 858. The van der Waals surface area contributed by atoms with E-state index in [1.807, 2.05) is 0 Å². The maximum atomic E-state index is 13.4. The first-order valence-corrected chi connectivity index (χ1v) is 7.82. The number of rotatable bonds is 4. The van der Waals surface area contributed by atoms with Crippen LogP contribution in [0.25, 0.3) is 11.4 Å². The summed E-state index contributed by atoms with van der Waals surface area (Å²) in [5.41, 5.74) is 7.21. The molecule has 0 saturated carbocycles. The van der Waals surface area contributed by atoms with E-state index in [2.05, 4.69) is 36.4 Å². The molecule has 1 amide bonds. The van der Waals surface area contributed by atoms with Crippen molar-refractivity contribution < 1.29 is 9.18 Å². The van der Waals surface area contributed by atoms with Gasteiger partial charge in [0, 0.05) is 21.3 Å². The number of nitrogens with one attached hydrogen (secondary N) is 2. The molecule has 8 heteroatoms. The molecule has 0 bridgehead atoms. The van der Waals surface area contributed by atoms with E-state index < -0.39 is 0 Å². The number of halogens is 2. The van der Waals surface area contributed by atoms with Crippen LogP contribution in [0.1, 0.15) is 16.2 Å². The van der Waals surface area contributed by atoms with Crippen molar-refractivity contribution in [2.75, 3.05) is 5.73 Å². The Morgan fingerprint density at radius 1 is 1.25 bits per heavy atom. The SMILES string of the molecule is Nc1ccc(C(=O)NCc2nc(-c3cc(F)cc(Br)c3)n[nH]2)cc1. The molecule has 0 spiro atoms. The van der Waals surface area contributed by atoms with Gasteiger partial charge in [-0.25, -0.2) is 9.37 Å². The predicted octanol–water partition coefficient (Wildman–Crippen LogP) is 2.89. The molecule has 0 aliphatic rings. The van der Waals surface area contributed by atoms with Gasteiger partial charge in [0.15, 0.2) is 5.82 Å². The molecule has 0 aliphatic carbocycles. The lowest BCUT2D eigenvalue weighted by Gasteiger charge is -2.03. The first-order valence-electron chi connectivity index (χ1n) is 7.03. The van der Waals surface area contributed by atoms with E-state index >= 15 is 0 Å². The van der Waals surface area contributed by atoms with Crippen molar-refractivity contribution >= 4 is 27.5 Å². The summed E-state index contributed by atoms with van der Waals surface area (Å²) < 4.78 is 14.0. The van der Waals surface area contributed by atoms with Crippen LogP contribution in [0.2, 0.25) is 0 Å². The van der Waals surface area contributed by atoms with Gasteiger partial charge < -0.3 is 11.1 Å². The van der Waals surface area contributed by atoms with Gasteiger partial charge in [-0.2, -0.15) is 5.10 Å². The van der Waals surface area contributed by atoms with E-state index in [0.29, 0.717) is 32.9 Å². The quantitative estimate of drug-likeness (QED) is 0.597. The Kier molecular flexibility index (Phi) is 4.57. The topological polar surface area (TPSA) is 96.7 Å². The van der Waals surface area contributed by atoms with Crippen LogP contribution < -0.4 is 11.1 Å². The van der Waals surface area contributed by atoms with Crippen molar-refractivity contribution in [3.8, 4) is 11.4 Å². The third kappa shape index (κ3) is 3.77. The summed E-state index contributed by atoms with van der Waals surface area (Å²) in [4.78, 5) is 16.3. The van der Waals surface area contributed by atoms with E-state index in [4.69, 9.17) is 5.73 Å². The van der Waals surface area contributed by atoms with Crippen LogP contribution >= 0.6 is 15.9 Å². The van der Waals surface area contributed by atoms with Gasteiger partial charge in [0.25, 0.3) is 5.91 Å². The minimum Gasteiger partial charge on any atom is -0.399 e. The zero-order valence-electron chi connectivity index (χ0n) is 12.4. The standard InChI is InChI=1S/C16H13BrFN5O/c17-11-5-10(6-12(18)7-11)15-21-14(22-23-15)8-20-16(24)9-1-3-13(19)4-2-9/h1-7H,8,19H2,(H,20,24)(H,21,22,23). The number of H-pyrrole nitrogens is 1. The monoisotopic (exact) mass is 389 g/mol. The molecule has 2 aromatic carbocycles. The number of hydrogen-bond donors (Lipinski definition) is 3. The van der Waals surface area contributed by atoms with Crippen molar-refractivity contribution in [3.05, 3.63) is 64.1 Å². The fraction of sp³-hybridized carbons (Fsp3) is 0.0625. The minimum atomic E-state index is -0.387. The zero-order valence-corrected chi connectivity index (χ0v) is 14.0. The lowest BCUT2D eigenvalue weighted by Crippen LogP contribution is -2.23. The molecule has 4 N–H and O–H groups in total. The molecule has 0 radical (unpaired) electrons. The normalized spacial score (nSPS) is 10.6. The second kappa shape index (κ2) is 6.79. The molecular formula is C16H13BrFN5O. The molecule has 0 unspecified atom stereocenters. The average molecular weight is 390 g/mol. The minimum absolute atomic E-state index is 0.173. The molecule has 0 saturated heterocycles. The molecule has 3 aromatic rings. The number of anilines is 1. The molecular weight excluding hydrogens is 377 g/mol. The van der Waals surface area contributed by atoms with Crippen molar-refractivity contribution in [1.82, 2.24) is 20.5 Å². The summed E-state index contributed by atoms with van der Waals surface area (Å²) >= 11 is 3.23. The number of nitrogens with two attached hydrogens (primary N) is 1. The van der Waals surface area contributed by atoms with Gasteiger partial charge in [-0.1, -0.05) is 15.9 Å². The molecule has 0 fully saturated rings.